The molecule has 3 rings (SSSR count). The van der Waals surface area contributed by atoms with Gasteiger partial charge in [0.15, 0.2) is 5.82 Å². The van der Waals surface area contributed by atoms with Gasteiger partial charge in [-0.1, -0.05) is 0 Å². The summed E-state index contributed by atoms with van der Waals surface area (Å²) in [5, 5.41) is 7.76. The Balaban J connectivity index is 1.58. The number of hydrogen-bond acceptors (Lipinski definition) is 4. The Bertz CT molecular complexity index is 718. The van der Waals surface area contributed by atoms with Crippen molar-refractivity contribution in [2.24, 2.45) is 5.73 Å². The van der Waals surface area contributed by atoms with E-state index in [1.807, 2.05) is 4.57 Å². The molecule has 1 amide bonds. The molecule has 1 aromatic carbocycles. The molecule has 8 heteroatoms. The van der Waals surface area contributed by atoms with Crippen molar-refractivity contribution >= 4 is 5.91 Å². The number of amides is 1. The second-order valence-electron chi connectivity index (χ2n) is 5.66. The fraction of sp³-hybridized carbons (Fsp3) is 0.400. The van der Waals surface area contributed by atoms with E-state index in [9.17, 15) is 13.6 Å². The normalized spacial score (nSPS) is 15.3. The Labute approximate surface area is 131 Å². The molecular weight excluding hydrogens is 304 g/mol. The molecule has 0 bridgehead atoms. The summed E-state index contributed by atoms with van der Waals surface area (Å²) in [6.07, 6.45) is 1.82. The number of rotatable bonds is 4. The number of aromatic nitrogens is 3. The Morgan fingerprint density at radius 3 is 3.00 bits per heavy atom. The predicted molar refractivity (Wildman–Crippen MR) is 78.1 cm³/mol. The van der Waals surface area contributed by atoms with Gasteiger partial charge in [0.25, 0.3) is 0 Å². The lowest BCUT2D eigenvalue weighted by Gasteiger charge is -2.28. The summed E-state index contributed by atoms with van der Waals surface area (Å²) >= 11 is 0. The van der Waals surface area contributed by atoms with Crippen LogP contribution >= 0.6 is 0 Å². The first-order valence-corrected chi connectivity index (χ1v) is 7.37. The summed E-state index contributed by atoms with van der Waals surface area (Å²) in [6, 6.07) is 2.66. The SMILES string of the molecule is N[C@@H](CC(=O)N1CCn2cnnc2C1)Cc1cc(F)ccc1F. The molecule has 0 saturated heterocycles. The van der Waals surface area contributed by atoms with E-state index in [1.54, 1.807) is 11.2 Å². The molecule has 0 spiro atoms. The average molecular weight is 321 g/mol. The van der Waals surface area contributed by atoms with Crippen LogP contribution in [0, 0.1) is 11.6 Å². The third-order valence-corrected chi connectivity index (χ3v) is 3.92. The summed E-state index contributed by atoms with van der Waals surface area (Å²) in [5.41, 5.74) is 6.12. The van der Waals surface area contributed by atoms with E-state index in [-0.39, 0.29) is 24.3 Å². The van der Waals surface area contributed by atoms with Gasteiger partial charge in [-0.25, -0.2) is 8.78 Å². The average Bonchev–Trinajstić information content (AvgIpc) is 2.98. The zero-order valence-electron chi connectivity index (χ0n) is 12.5. The molecule has 122 valence electrons. The van der Waals surface area contributed by atoms with Gasteiger partial charge < -0.3 is 15.2 Å². The van der Waals surface area contributed by atoms with Crippen LogP contribution in [0.3, 0.4) is 0 Å². The monoisotopic (exact) mass is 321 g/mol. The summed E-state index contributed by atoms with van der Waals surface area (Å²) < 4.78 is 28.7. The van der Waals surface area contributed by atoms with Crippen molar-refractivity contribution in [3.63, 3.8) is 0 Å². The Morgan fingerprint density at radius 1 is 1.35 bits per heavy atom. The molecule has 2 aromatic rings. The van der Waals surface area contributed by atoms with Crippen molar-refractivity contribution in [1.29, 1.82) is 0 Å². The lowest BCUT2D eigenvalue weighted by atomic mass is 10.0. The topological polar surface area (TPSA) is 77.0 Å². The highest BCUT2D eigenvalue weighted by Crippen LogP contribution is 2.15. The van der Waals surface area contributed by atoms with Gasteiger partial charge in [-0.3, -0.25) is 4.79 Å². The van der Waals surface area contributed by atoms with Gasteiger partial charge in [-0.2, -0.15) is 0 Å². The second kappa shape index (κ2) is 6.41. The zero-order valence-corrected chi connectivity index (χ0v) is 12.5. The van der Waals surface area contributed by atoms with E-state index in [0.29, 0.717) is 19.6 Å². The number of fused-ring (bicyclic) bond motifs is 1. The van der Waals surface area contributed by atoms with E-state index in [1.165, 1.54) is 0 Å². The maximum atomic E-state index is 13.6. The molecule has 1 aromatic heterocycles. The molecule has 1 aliphatic rings. The summed E-state index contributed by atoms with van der Waals surface area (Å²) in [7, 11) is 0. The molecule has 1 atom stereocenters. The first-order valence-electron chi connectivity index (χ1n) is 7.37. The van der Waals surface area contributed by atoms with E-state index in [0.717, 1.165) is 24.0 Å². The fourth-order valence-corrected chi connectivity index (χ4v) is 2.69. The Hall–Kier alpha value is -2.35. The maximum absolute atomic E-state index is 13.6. The standard InChI is InChI=1S/C15H17F2N5O/c16-11-1-2-13(17)10(5-11)6-12(18)7-15(23)21-3-4-22-9-19-20-14(22)8-21/h1-2,5,9,12H,3-4,6-8,18H2/t12-/m1/s1. The van der Waals surface area contributed by atoms with Crippen molar-refractivity contribution in [2.45, 2.75) is 32.0 Å². The third kappa shape index (κ3) is 3.53. The van der Waals surface area contributed by atoms with Crippen LogP contribution in [0.4, 0.5) is 8.78 Å². The molecule has 2 heterocycles. The lowest BCUT2D eigenvalue weighted by Crippen LogP contribution is -2.41. The third-order valence-electron chi connectivity index (χ3n) is 3.92. The molecule has 0 radical (unpaired) electrons. The second-order valence-corrected chi connectivity index (χ2v) is 5.66. The van der Waals surface area contributed by atoms with E-state index < -0.39 is 17.7 Å². The van der Waals surface area contributed by atoms with Gasteiger partial charge in [0.1, 0.15) is 18.0 Å². The lowest BCUT2D eigenvalue weighted by molar-refractivity contribution is -0.133. The Morgan fingerprint density at radius 2 is 2.17 bits per heavy atom. The van der Waals surface area contributed by atoms with E-state index >= 15 is 0 Å². The smallest absolute Gasteiger partial charge is 0.224 e. The molecule has 0 unspecified atom stereocenters. The molecule has 0 saturated carbocycles. The quantitative estimate of drug-likeness (QED) is 0.906. The van der Waals surface area contributed by atoms with Crippen LogP contribution in [0.5, 0.6) is 0 Å². The predicted octanol–water partition coefficient (Wildman–Crippen LogP) is 0.859. The van der Waals surface area contributed by atoms with Crippen LogP contribution in [0.1, 0.15) is 17.8 Å². The number of benzene rings is 1. The highest BCUT2D eigenvalue weighted by molar-refractivity contribution is 5.76. The minimum Gasteiger partial charge on any atom is -0.333 e. The number of hydrogen-bond donors (Lipinski definition) is 1. The van der Waals surface area contributed by atoms with Gasteiger partial charge in [-0.05, 0) is 30.2 Å². The van der Waals surface area contributed by atoms with Crippen LogP contribution in [0.25, 0.3) is 0 Å². The van der Waals surface area contributed by atoms with Crippen molar-refractivity contribution < 1.29 is 13.6 Å². The Kier molecular flexibility index (Phi) is 4.33. The largest absolute Gasteiger partial charge is 0.333 e. The summed E-state index contributed by atoms with van der Waals surface area (Å²) in [4.78, 5) is 14.0. The number of nitrogens with two attached hydrogens (primary N) is 1. The van der Waals surface area contributed by atoms with Crippen molar-refractivity contribution in [2.75, 3.05) is 6.54 Å². The number of carbonyl (C=O) groups is 1. The molecule has 1 aliphatic heterocycles. The van der Waals surface area contributed by atoms with Gasteiger partial charge in [-0.15, -0.1) is 10.2 Å². The van der Waals surface area contributed by atoms with E-state index in [4.69, 9.17) is 5.73 Å². The molecule has 0 fully saturated rings. The molecular formula is C15H17F2N5O. The first kappa shape index (κ1) is 15.5. The number of carbonyl (C=O) groups excluding carboxylic acids is 1. The van der Waals surface area contributed by atoms with Gasteiger partial charge in [0.2, 0.25) is 5.91 Å². The van der Waals surface area contributed by atoms with Gasteiger partial charge in [0.05, 0.1) is 6.54 Å². The maximum Gasteiger partial charge on any atom is 0.224 e. The molecule has 23 heavy (non-hydrogen) atoms. The molecule has 2 N–H and O–H groups in total. The zero-order chi connectivity index (χ0) is 16.4. The van der Waals surface area contributed by atoms with Crippen LogP contribution < -0.4 is 5.73 Å². The van der Waals surface area contributed by atoms with Gasteiger partial charge >= 0.3 is 0 Å². The van der Waals surface area contributed by atoms with Crippen LogP contribution in [0.2, 0.25) is 0 Å². The van der Waals surface area contributed by atoms with Crippen molar-refractivity contribution in [3.8, 4) is 0 Å². The number of nitrogens with zero attached hydrogens (tertiary/aromatic N) is 4. The number of halogens is 2. The van der Waals surface area contributed by atoms with Gasteiger partial charge in [0, 0.05) is 25.6 Å². The highest BCUT2D eigenvalue weighted by atomic mass is 19.1. The highest BCUT2D eigenvalue weighted by Gasteiger charge is 2.23. The fourth-order valence-electron chi connectivity index (χ4n) is 2.69. The summed E-state index contributed by atoms with van der Waals surface area (Å²) in [5.74, 6) is -0.423. The first-order chi connectivity index (χ1) is 11.0. The molecule has 0 aliphatic carbocycles. The summed E-state index contributed by atoms with van der Waals surface area (Å²) in [6.45, 7) is 1.59. The van der Waals surface area contributed by atoms with E-state index in [2.05, 4.69) is 10.2 Å². The van der Waals surface area contributed by atoms with Crippen LogP contribution in [-0.2, 0) is 24.3 Å². The van der Waals surface area contributed by atoms with Crippen molar-refractivity contribution in [3.05, 3.63) is 47.5 Å². The van der Waals surface area contributed by atoms with Crippen molar-refractivity contribution in [1.82, 2.24) is 19.7 Å². The minimum absolute atomic E-state index is 0.0735. The van der Waals surface area contributed by atoms with Crippen LogP contribution in [-0.4, -0.2) is 38.2 Å². The van der Waals surface area contributed by atoms with Crippen LogP contribution in [0.15, 0.2) is 24.5 Å². The minimum atomic E-state index is -0.571. The molecule has 6 nitrogen and oxygen atoms in total.